The summed E-state index contributed by atoms with van der Waals surface area (Å²) >= 11 is 0. The minimum atomic E-state index is -0.427. The first-order valence-electron chi connectivity index (χ1n) is 17.1. The van der Waals surface area contributed by atoms with E-state index in [9.17, 15) is 19.7 Å². The van der Waals surface area contributed by atoms with E-state index in [1.807, 2.05) is 6.08 Å². The minimum Gasteiger partial charge on any atom is -0.385 e. The fourth-order valence-electron chi connectivity index (χ4n) is 6.94. The van der Waals surface area contributed by atoms with Gasteiger partial charge in [0.1, 0.15) is 5.70 Å². The summed E-state index contributed by atoms with van der Waals surface area (Å²) in [4.78, 5) is 42.3. The number of nitro benzene ring substituents is 1. The number of piperidine rings is 1. The van der Waals surface area contributed by atoms with Gasteiger partial charge >= 0.3 is 0 Å². The van der Waals surface area contributed by atoms with Crippen LogP contribution in [0.15, 0.2) is 108 Å². The number of rotatable bonds is 15. The highest BCUT2D eigenvalue weighted by molar-refractivity contribution is 6.05. The molecule has 10 heteroatoms. The van der Waals surface area contributed by atoms with Crippen molar-refractivity contribution < 1.29 is 19.2 Å². The first-order chi connectivity index (χ1) is 23.8. The number of hydrogen-bond donors (Lipinski definition) is 2. The van der Waals surface area contributed by atoms with Crippen LogP contribution in [0.1, 0.15) is 61.3 Å². The van der Waals surface area contributed by atoms with E-state index in [2.05, 4.69) is 76.2 Å². The Morgan fingerprint density at radius 2 is 1.61 bits per heavy atom. The predicted octanol–water partition coefficient (Wildman–Crippen LogP) is 5.87. The van der Waals surface area contributed by atoms with Crippen LogP contribution in [0.3, 0.4) is 0 Å². The summed E-state index contributed by atoms with van der Waals surface area (Å²) in [6.07, 6.45) is 8.02. The number of non-ortho nitro benzene ring substituents is 1. The van der Waals surface area contributed by atoms with E-state index >= 15 is 0 Å². The van der Waals surface area contributed by atoms with Crippen LogP contribution < -0.4 is 10.6 Å². The minimum absolute atomic E-state index is 0.00812. The van der Waals surface area contributed by atoms with E-state index in [0.29, 0.717) is 31.6 Å². The highest BCUT2D eigenvalue weighted by Gasteiger charge is 2.38. The molecular formula is C39H47N5O5. The Balaban J connectivity index is 1.31. The fourth-order valence-corrected chi connectivity index (χ4v) is 6.94. The van der Waals surface area contributed by atoms with Crippen LogP contribution in [0.2, 0.25) is 0 Å². The predicted molar refractivity (Wildman–Crippen MR) is 191 cm³/mol. The Kier molecular flexibility index (Phi) is 12.3. The lowest BCUT2D eigenvalue weighted by Gasteiger charge is -2.43. The van der Waals surface area contributed by atoms with Crippen LogP contribution in [0.5, 0.6) is 0 Å². The molecule has 0 aromatic heterocycles. The van der Waals surface area contributed by atoms with Gasteiger partial charge in [-0.15, -0.1) is 0 Å². The van der Waals surface area contributed by atoms with E-state index in [0.717, 1.165) is 50.9 Å². The topological polar surface area (TPSA) is 117 Å². The summed E-state index contributed by atoms with van der Waals surface area (Å²) in [5.74, 6) is -0.574. The van der Waals surface area contributed by atoms with E-state index in [4.69, 9.17) is 4.74 Å². The molecule has 0 spiro atoms. The maximum Gasteiger partial charge on any atom is 0.269 e. The maximum atomic E-state index is 13.9. The number of unbranched alkanes of at least 4 members (excludes halogenated alkanes) is 1. The van der Waals surface area contributed by atoms with Crippen molar-refractivity contribution in [2.24, 2.45) is 0 Å². The Hall–Kier alpha value is -4.80. The molecule has 2 amide bonds. The molecule has 1 saturated heterocycles. The molecular weight excluding hydrogens is 618 g/mol. The van der Waals surface area contributed by atoms with Crippen molar-refractivity contribution in [3.8, 4) is 0 Å². The Morgan fingerprint density at radius 1 is 0.980 bits per heavy atom. The normalized spacial score (nSPS) is 16.4. The highest BCUT2D eigenvalue weighted by atomic mass is 16.6. The number of dihydropyridines is 1. The van der Waals surface area contributed by atoms with Crippen molar-refractivity contribution >= 4 is 17.5 Å². The molecule has 3 aromatic carbocycles. The summed E-state index contributed by atoms with van der Waals surface area (Å²) in [7, 11) is 3.40. The molecule has 258 valence electrons. The van der Waals surface area contributed by atoms with Crippen molar-refractivity contribution in [3.63, 3.8) is 0 Å². The van der Waals surface area contributed by atoms with Gasteiger partial charge in [-0.05, 0) is 74.5 Å². The smallest absolute Gasteiger partial charge is 0.269 e. The highest BCUT2D eigenvalue weighted by Crippen LogP contribution is 2.41. The van der Waals surface area contributed by atoms with Gasteiger partial charge in [-0.25, -0.2) is 0 Å². The molecule has 0 bridgehead atoms. The third kappa shape index (κ3) is 8.82. The van der Waals surface area contributed by atoms with Gasteiger partial charge in [0, 0.05) is 51.4 Å². The van der Waals surface area contributed by atoms with Crippen LogP contribution in [0, 0.1) is 10.1 Å². The molecule has 1 unspecified atom stereocenters. The van der Waals surface area contributed by atoms with Crippen LogP contribution in [0.4, 0.5) is 5.69 Å². The first kappa shape index (κ1) is 35.5. The number of benzene rings is 3. The standard InChI is InChI=1S/C39H47N5O5/c1-42(25-9-10-29-49-2)38(46)34-16-11-24-40-36(34)37(45)41-35(30-17-19-33(20-18-30)44(47)48)21-26-43-27-22-39(23-28-43,31-12-5-3-6-13-31)32-14-7-4-8-15-32/h3-8,11-15,17-20,24,35,40H,9-10,16,21-23,25-29H2,1-2H3,(H,41,45). The van der Waals surface area contributed by atoms with Gasteiger partial charge in [0.15, 0.2) is 0 Å². The second-order valence-corrected chi connectivity index (χ2v) is 12.9. The number of likely N-dealkylation sites (N-methyl/N-ethyl adjacent to an activating group) is 1. The quantitative estimate of drug-likeness (QED) is 0.119. The zero-order valence-corrected chi connectivity index (χ0v) is 28.5. The number of nitro groups is 1. The number of allylic oxidation sites excluding steroid dienone is 1. The summed E-state index contributed by atoms with van der Waals surface area (Å²) in [5, 5.41) is 17.6. The second kappa shape index (κ2) is 17.0. The molecule has 1 fully saturated rings. The molecule has 0 saturated carbocycles. The van der Waals surface area contributed by atoms with E-state index in [-0.39, 0.29) is 28.6 Å². The summed E-state index contributed by atoms with van der Waals surface area (Å²) in [6.45, 7) is 3.69. The number of ether oxygens (including phenoxy) is 1. The average Bonchev–Trinajstić information content (AvgIpc) is 3.15. The number of nitrogens with one attached hydrogen (secondary N) is 2. The number of methoxy groups -OCH3 is 1. The third-order valence-corrected chi connectivity index (χ3v) is 9.80. The number of likely N-dealkylation sites (tertiary alicyclic amines) is 1. The van der Waals surface area contributed by atoms with Gasteiger partial charge in [0.2, 0.25) is 0 Å². The molecule has 3 aromatic rings. The van der Waals surface area contributed by atoms with Crippen LogP contribution in [-0.4, -0.2) is 73.5 Å². The first-order valence-corrected chi connectivity index (χ1v) is 17.1. The Labute approximate surface area is 289 Å². The van der Waals surface area contributed by atoms with E-state index < -0.39 is 11.0 Å². The number of amides is 2. The summed E-state index contributed by atoms with van der Waals surface area (Å²) in [5.41, 5.74) is 3.98. The van der Waals surface area contributed by atoms with Crippen molar-refractivity contribution in [2.45, 2.75) is 50.0 Å². The zero-order chi connectivity index (χ0) is 34.6. The molecule has 2 aliphatic rings. The number of nitrogens with zero attached hydrogens (tertiary/aromatic N) is 3. The van der Waals surface area contributed by atoms with Gasteiger partial charge in [0.25, 0.3) is 17.5 Å². The zero-order valence-electron chi connectivity index (χ0n) is 28.5. The number of hydrogen-bond acceptors (Lipinski definition) is 7. The van der Waals surface area contributed by atoms with Gasteiger partial charge in [-0.3, -0.25) is 19.7 Å². The molecule has 49 heavy (non-hydrogen) atoms. The van der Waals surface area contributed by atoms with Gasteiger partial charge in [0.05, 0.1) is 16.5 Å². The summed E-state index contributed by atoms with van der Waals surface area (Å²) in [6, 6.07) is 27.4. The van der Waals surface area contributed by atoms with E-state index in [1.54, 1.807) is 37.4 Å². The van der Waals surface area contributed by atoms with Crippen LogP contribution >= 0.6 is 0 Å². The van der Waals surface area contributed by atoms with Crippen LogP contribution in [-0.2, 0) is 19.7 Å². The Morgan fingerprint density at radius 3 is 2.20 bits per heavy atom. The van der Waals surface area contributed by atoms with Crippen molar-refractivity contribution in [2.75, 3.05) is 46.9 Å². The fraction of sp³-hybridized carbons (Fsp3) is 0.385. The summed E-state index contributed by atoms with van der Waals surface area (Å²) < 4.78 is 5.12. The van der Waals surface area contributed by atoms with Crippen molar-refractivity contribution in [3.05, 3.63) is 135 Å². The number of carbonyl (C=O) groups excluding carboxylic acids is 2. The second-order valence-electron chi connectivity index (χ2n) is 12.9. The third-order valence-electron chi connectivity index (χ3n) is 9.80. The lowest BCUT2D eigenvalue weighted by atomic mass is 9.68. The molecule has 1 atom stereocenters. The van der Waals surface area contributed by atoms with Gasteiger partial charge < -0.3 is 25.2 Å². The lowest BCUT2D eigenvalue weighted by Crippen LogP contribution is -2.44. The van der Waals surface area contributed by atoms with Crippen LogP contribution in [0.25, 0.3) is 0 Å². The van der Waals surface area contributed by atoms with Gasteiger partial charge in [-0.1, -0.05) is 78.9 Å². The lowest BCUT2D eigenvalue weighted by molar-refractivity contribution is -0.384. The largest absolute Gasteiger partial charge is 0.385 e. The molecule has 2 aliphatic heterocycles. The SMILES string of the molecule is COCCCCN(C)C(=O)C1=C(C(=O)NC(CCN2CCC(c3ccccc3)(c3ccccc3)CC2)c2ccc([N+](=O)[O-])cc2)NC=CC1. The molecule has 5 rings (SSSR count). The van der Waals surface area contributed by atoms with Gasteiger partial charge in [-0.2, -0.15) is 0 Å². The molecule has 0 radical (unpaired) electrons. The molecule has 2 heterocycles. The van der Waals surface area contributed by atoms with Crippen molar-refractivity contribution in [1.29, 1.82) is 0 Å². The maximum absolute atomic E-state index is 13.9. The van der Waals surface area contributed by atoms with E-state index in [1.165, 1.54) is 23.3 Å². The monoisotopic (exact) mass is 665 g/mol. The van der Waals surface area contributed by atoms with Crippen molar-refractivity contribution in [1.82, 2.24) is 20.4 Å². The molecule has 10 nitrogen and oxygen atoms in total. The molecule has 2 N–H and O–H groups in total. The average molecular weight is 666 g/mol. The molecule has 0 aliphatic carbocycles. The number of carbonyl (C=O) groups is 2. The Bertz CT molecular complexity index is 1570.